The summed E-state index contributed by atoms with van der Waals surface area (Å²) < 4.78 is 18.0. The van der Waals surface area contributed by atoms with Crippen LogP contribution < -0.4 is 10.1 Å². The lowest BCUT2D eigenvalue weighted by atomic mass is 9.85. The molecule has 1 N–H and O–H groups in total. The summed E-state index contributed by atoms with van der Waals surface area (Å²) in [6.07, 6.45) is -0.177. The molecule has 0 spiro atoms. The standard InChI is InChI=1S/C40H47N3O7Si/c1-40(2,3)51(5,6)50-36(29-15-11-8-12-16-29)26-25-34(38(44)42-35(27-49-39(42)45)28-13-9-7-10-14-28)37(30-17-23-33(48-4)24-18-30)41-31-19-21-32(22-20-31)43(46)47/h7-24,34-37,41H,25-27H2,1-6H3. The summed E-state index contributed by atoms with van der Waals surface area (Å²) in [6.45, 7) is 11.1. The van der Waals surface area contributed by atoms with E-state index in [4.69, 9.17) is 13.9 Å². The summed E-state index contributed by atoms with van der Waals surface area (Å²) in [6, 6.07) is 31.7. The molecule has 4 unspecified atom stereocenters. The van der Waals surface area contributed by atoms with E-state index in [0.29, 0.717) is 24.3 Å². The predicted molar refractivity (Wildman–Crippen MR) is 200 cm³/mol. The number of non-ortho nitro benzene ring substituents is 1. The fourth-order valence-electron chi connectivity index (χ4n) is 6.11. The number of carbonyl (C=O) groups is 2. The van der Waals surface area contributed by atoms with E-state index in [1.54, 1.807) is 19.2 Å². The van der Waals surface area contributed by atoms with Crippen molar-refractivity contribution >= 4 is 31.7 Å². The first kappa shape index (κ1) is 37.3. The summed E-state index contributed by atoms with van der Waals surface area (Å²) in [7, 11) is -0.687. The third kappa shape index (κ3) is 8.84. The Morgan fingerprint density at radius 2 is 1.53 bits per heavy atom. The van der Waals surface area contributed by atoms with E-state index in [1.807, 2.05) is 84.9 Å². The lowest BCUT2D eigenvalue weighted by Crippen LogP contribution is -2.43. The van der Waals surface area contributed by atoms with Crippen LogP contribution in [0.5, 0.6) is 5.75 Å². The average molecular weight is 710 g/mol. The second-order valence-electron chi connectivity index (χ2n) is 14.4. The zero-order chi connectivity index (χ0) is 36.8. The van der Waals surface area contributed by atoms with Crippen LogP contribution in [0.3, 0.4) is 0 Å². The average Bonchev–Trinajstić information content (AvgIpc) is 3.52. The number of imide groups is 1. The quantitative estimate of drug-likeness (QED) is 0.0781. The van der Waals surface area contributed by atoms with Crippen molar-refractivity contribution in [1.29, 1.82) is 0 Å². The number of ether oxygens (including phenoxy) is 2. The smallest absolute Gasteiger partial charge is 0.417 e. The summed E-state index contributed by atoms with van der Waals surface area (Å²) >= 11 is 0. The molecule has 51 heavy (non-hydrogen) atoms. The number of methoxy groups -OCH3 is 1. The maximum Gasteiger partial charge on any atom is 0.417 e. The molecule has 1 aliphatic rings. The summed E-state index contributed by atoms with van der Waals surface area (Å²) in [5.41, 5.74) is 3.12. The number of hydrogen-bond acceptors (Lipinski definition) is 8. The minimum absolute atomic E-state index is 0.0470. The number of hydrogen-bond donors (Lipinski definition) is 1. The van der Waals surface area contributed by atoms with Crippen LogP contribution in [0, 0.1) is 16.0 Å². The SMILES string of the molecule is COc1ccc(C(Nc2ccc([N+](=O)[O-])cc2)C(CCC(O[Si](C)(C)C(C)(C)C)c2ccccc2)C(=O)N2C(=O)OCC2c2ccccc2)cc1. The van der Waals surface area contributed by atoms with Gasteiger partial charge in [-0.3, -0.25) is 14.9 Å². The number of rotatable bonds is 14. The lowest BCUT2D eigenvalue weighted by molar-refractivity contribution is -0.384. The van der Waals surface area contributed by atoms with Gasteiger partial charge < -0.3 is 19.2 Å². The molecule has 4 aromatic rings. The van der Waals surface area contributed by atoms with Crippen molar-refractivity contribution in [3.63, 3.8) is 0 Å². The van der Waals surface area contributed by atoms with Crippen LogP contribution >= 0.6 is 0 Å². The molecular weight excluding hydrogens is 663 g/mol. The van der Waals surface area contributed by atoms with Gasteiger partial charge in [0.1, 0.15) is 18.4 Å². The first-order valence-corrected chi connectivity index (χ1v) is 20.1. The minimum Gasteiger partial charge on any atom is -0.497 e. The second kappa shape index (κ2) is 15.9. The minimum atomic E-state index is -2.27. The molecule has 5 rings (SSSR count). The highest BCUT2D eigenvalue weighted by Gasteiger charge is 2.45. The van der Waals surface area contributed by atoms with Crippen LogP contribution in [0.2, 0.25) is 18.1 Å². The Bertz CT molecular complexity index is 1780. The van der Waals surface area contributed by atoms with Crippen LogP contribution in [0.1, 0.15) is 68.5 Å². The molecule has 10 nitrogen and oxygen atoms in total. The number of amides is 2. The molecule has 0 radical (unpaired) electrons. The zero-order valence-electron chi connectivity index (χ0n) is 30.1. The van der Waals surface area contributed by atoms with Crippen molar-refractivity contribution in [2.75, 3.05) is 19.0 Å². The Balaban J connectivity index is 1.60. The van der Waals surface area contributed by atoms with Crippen molar-refractivity contribution in [3.05, 3.63) is 136 Å². The Morgan fingerprint density at radius 3 is 2.10 bits per heavy atom. The predicted octanol–water partition coefficient (Wildman–Crippen LogP) is 9.64. The highest BCUT2D eigenvalue weighted by atomic mass is 28.4. The third-order valence-corrected chi connectivity index (χ3v) is 14.5. The van der Waals surface area contributed by atoms with Gasteiger partial charge in [0, 0.05) is 17.8 Å². The van der Waals surface area contributed by atoms with Crippen LogP contribution in [0.15, 0.2) is 109 Å². The Labute approximate surface area is 301 Å². The number of carbonyl (C=O) groups excluding carboxylic acids is 2. The summed E-state index contributed by atoms with van der Waals surface area (Å²) in [4.78, 5) is 40.7. The molecular formula is C40H47N3O7Si. The van der Waals surface area contributed by atoms with E-state index >= 15 is 4.79 Å². The number of anilines is 1. The van der Waals surface area contributed by atoms with E-state index < -0.39 is 37.3 Å². The molecule has 1 saturated heterocycles. The largest absolute Gasteiger partial charge is 0.497 e. The van der Waals surface area contributed by atoms with E-state index in [-0.39, 0.29) is 29.3 Å². The monoisotopic (exact) mass is 709 g/mol. The maximum atomic E-state index is 15.0. The van der Waals surface area contributed by atoms with Gasteiger partial charge in [0.2, 0.25) is 5.91 Å². The van der Waals surface area contributed by atoms with Crippen LogP contribution in [-0.2, 0) is 14.0 Å². The van der Waals surface area contributed by atoms with Crippen LogP contribution in [0.4, 0.5) is 16.2 Å². The lowest BCUT2D eigenvalue weighted by Gasteiger charge is -2.40. The second-order valence-corrected chi connectivity index (χ2v) is 19.1. The Hall–Kier alpha value is -5.00. The summed E-state index contributed by atoms with van der Waals surface area (Å²) in [5.74, 6) is -0.532. The Kier molecular flexibility index (Phi) is 11.6. The molecule has 268 valence electrons. The molecule has 1 aliphatic heterocycles. The van der Waals surface area contributed by atoms with E-state index in [0.717, 1.165) is 16.7 Å². The molecule has 4 atom stereocenters. The van der Waals surface area contributed by atoms with Gasteiger partial charge in [0.15, 0.2) is 8.32 Å². The van der Waals surface area contributed by atoms with E-state index in [2.05, 4.69) is 39.2 Å². The van der Waals surface area contributed by atoms with Gasteiger partial charge in [-0.15, -0.1) is 0 Å². The van der Waals surface area contributed by atoms with Crippen LogP contribution in [0.25, 0.3) is 0 Å². The number of benzene rings is 4. The van der Waals surface area contributed by atoms with Gasteiger partial charge in [-0.1, -0.05) is 93.6 Å². The highest BCUT2D eigenvalue weighted by molar-refractivity contribution is 6.74. The highest BCUT2D eigenvalue weighted by Crippen LogP contribution is 2.43. The molecule has 0 aromatic heterocycles. The van der Waals surface area contributed by atoms with Crippen molar-refractivity contribution < 1.29 is 28.4 Å². The number of nitrogens with zero attached hydrogens (tertiary/aromatic N) is 2. The first-order valence-electron chi connectivity index (χ1n) is 17.2. The number of cyclic esters (lactones) is 1. The van der Waals surface area contributed by atoms with Gasteiger partial charge >= 0.3 is 6.09 Å². The normalized spacial score (nSPS) is 16.5. The van der Waals surface area contributed by atoms with Gasteiger partial charge in [-0.05, 0) is 71.9 Å². The van der Waals surface area contributed by atoms with Gasteiger partial charge in [0.05, 0.1) is 30.1 Å². The van der Waals surface area contributed by atoms with E-state index in [1.165, 1.54) is 17.0 Å². The molecule has 0 saturated carbocycles. The summed E-state index contributed by atoms with van der Waals surface area (Å²) in [5, 5.41) is 14.9. The fraction of sp³-hybridized carbons (Fsp3) is 0.350. The molecule has 11 heteroatoms. The Morgan fingerprint density at radius 1 is 0.922 bits per heavy atom. The molecule has 2 amide bonds. The third-order valence-electron chi connectivity index (χ3n) is 10.0. The topological polar surface area (TPSA) is 120 Å². The van der Waals surface area contributed by atoms with Gasteiger partial charge in [0.25, 0.3) is 5.69 Å². The molecule has 4 aromatic carbocycles. The number of nitro groups is 1. The van der Waals surface area contributed by atoms with Crippen molar-refractivity contribution in [2.24, 2.45) is 5.92 Å². The van der Waals surface area contributed by atoms with Crippen molar-refractivity contribution in [1.82, 2.24) is 4.90 Å². The van der Waals surface area contributed by atoms with Crippen LogP contribution in [-0.4, -0.2) is 43.9 Å². The van der Waals surface area contributed by atoms with Gasteiger partial charge in [-0.2, -0.15) is 0 Å². The van der Waals surface area contributed by atoms with Gasteiger partial charge in [-0.25, -0.2) is 9.69 Å². The zero-order valence-corrected chi connectivity index (χ0v) is 31.1. The van der Waals surface area contributed by atoms with Crippen molar-refractivity contribution in [2.45, 2.75) is 69.9 Å². The molecule has 0 aliphatic carbocycles. The number of nitrogens with one attached hydrogen (secondary N) is 1. The molecule has 1 heterocycles. The number of nitro benzene ring substituents is 1. The first-order chi connectivity index (χ1) is 24.3. The van der Waals surface area contributed by atoms with E-state index in [9.17, 15) is 14.9 Å². The van der Waals surface area contributed by atoms with Crippen molar-refractivity contribution in [3.8, 4) is 5.75 Å². The maximum absolute atomic E-state index is 15.0. The molecule has 0 bridgehead atoms. The fourth-order valence-corrected chi connectivity index (χ4v) is 7.43. The molecule has 1 fully saturated rings.